The maximum atomic E-state index is 14.9. The molecule has 2 aliphatic carbocycles. The summed E-state index contributed by atoms with van der Waals surface area (Å²) in [6.07, 6.45) is 14.6. The Labute approximate surface area is 190 Å². The molecule has 0 unspecified atom stereocenters. The van der Waals surface area contributed by atoms with Gasteiger partial charge in [-0.2, -0.15) is 0 Å². The molecule has 0 saturated heterocycles. The molecule has 32 heavy (non-hydrogen) atoms. The van der Waals surface area contributed by atoms with Crippen LogP contribution in [0.15, 0.2) is 43.0 Å². The highest BCUT2D eigenvalue weighted by Crippen LogP contribution is 2.45. The lowest BCUT2D eigenvalue weighted by Crippen LogP contribution is -2.25. The summed E-state index contributed by atoms with van der Waals surface area (Å²) in [5.41, 5.74) is 1.49. The first-order valence-electron chi connectivity index (χ1n) is 12.3. The second-order valence-corrected chi connectivity index (χ2v) is 10.1. The van der Waals surface area contributed by atoms with Crippen LogP contribution in [0.5, 0.6) is 0 Å². The number of allylic oxidation sites excluding steroid dienone is 1. The van der Waals surface area contributed by atoms with Crippen molar-refractivity contribution < 1.29 is 13.2 Å². The van der Waals surface area contributed by atoms with E-state index in [1.807, 2.05) is 12.1 Å². The fourth-order valence-corrected chi connectivity index (χ4v) is 6.05. The Morgan fingerprint density at radius 3 is 1.97 bits per heavy atom. The van der Waals surface area contributed by atoms with Crippen LogP contribution in [0.3, 0.4) is 0 Å². The number of halogens is 3. The first kappa shape index (κ1) is 23.1. The van der Waals surface area contributed by atoms with Crippen molar-refractivity contribution in [3.63, 3.8) is 0 Å². The molecule has 0 nitrogen and oxygen atoms in total. The Kier molecular flexibility index (Phi) is 7.43. The zero-order valence-electron chi connectivity index (χ0n) is 19.2. The summed E-state index contributed by atoms with van der Waals surface area (Å²) >= 11 is 0. The Hall–Kier alpha value is -2.03. The van der Waals surface area contributed by atoms with Crippen molar-refractivity contribution in [3.8, 4) is 11.1 Å². The molecule has 2 aromatic carbocycles. The monoisotopic (exact) mass is 440 g/mol. The van der Waals surface area contributed by atoms with E-state index in [0.717, 1.165) is 42.6 Å². The smallest absolute Gasteiger partial charge is 0.131 e. The van der Waals surface area contributed by atoms with Crippen molar-refractivity contribution in [2.45, 2.75) is 77.0 Å². The van der Waals surface area contributed by atoms with E-state index < -0.39 is 17.5 Å². The zero-order chi connectivity index (χ0) is 22.7. The Balaban J connectivity index is 1.35. The molecule has 0 heterocycles. The van der Waals surface area contributed by atoms with E-state index in [9.17, 15) is 13.2 Å². The molecule has 2 aromatic rings. The Bertz CT molecular complexity index is 908. The van der Waals surface area contributed by atoms with Crippen molar-refractivity contribution in [2.24, 2.45) is 17.8 Å². The molecule has 0 atom stereocenters. The number of rotatable bonds is 6. The summed E-state index contributed by atoms with van der Waals surface area (Å²) in [6, 6.07) is 7.65. The van der Waals surface area contributed by atoms with Gasteiger partial charge in [-0.05, 0) is 111 Å². The zero-order valence-corrected chi connectivity index (χ0v) is 19.2. The summed E-state index contributed by atoms with van der Waals surface area (Å²) in [5, 5.41) is 0. The second kappa shape index (κ2) is 10.3. The molecule has 0 N–H and O–H groups in total. The standard InChI is InChI=1S/C29H35F3/c1-3-4-5-20-6-8-21(9-7-20)22-10-12-23(13-11-22)24-14-15-26(29(32)16-24)25-17-27(30)19(2)28(31)18-25/h3,14-18,20-23H,1,4-13H2,2H3. The first-order valence-corrected chi connectivity index (χ1v) is 12.3. The summed E-state index contributed by atoms with van der Waals surface area (Å²) in [6.45, 7) is 5.24. The van der Waals surface area contributed by atoms with Crippen molar-refractivity contribution in [1.29, 1.82) is 0 Å². The Morgan fingerprint density at radius 2 is 1.41 bits per heavy atom. The van der Waals surface area contributed by atoms with Gasteiger partial charge in [-0.3, -0.25) is 0 Å². The topological polar surface area (TPSA) is 0 Å². The maximum absolute atomic E-state index is 14.9. The molecule has 2 saturated carbocycles. The normalized spacial score (nSPS) is 26.1. The van der Waals surface area contributed by atoms with Gasteiger partial charge in [0.05, 0.1) is 0 Å². The average Bonchev–Trinajstić information content (AvgIpc) is 2.81. The largest absolute Gasteiger partial charge is 0.207 e. The Morgan fingerprint density at radius 1 is 0.812 bits per heavy atom. The lowest BCUT2D eigenvalue weighted by molar-refractivity contribution is 0.157. The molecular weight excluding hydrogens is 405 g/mol. The van der Waals surface area contributed by atoms with E-state index in [1.165, 1.54) is 64.0 Å². The van der Waals surface area contributed by atoms with Crippen molar-refractivity contribution in [3.05, 3.63) is 71.6 Å². The third-order valence-electron chi connectivity index (χ3n) is 8.17. The van der Waals surface area contributed by atoms with Gasteiger partial charge in [0.2, 0.25) is 0 Å². The molecule has 0 radical (unpaired) electrons. The molecule has 172 valence electrons. The maximum Gasteiger partial charge on any atom is 0.131 e. The molecule has 0 aliphatic heterocycles. The van der Waals surface area contributed by atoms with Crippen LogP contribution in [-0.2, 0) is 0 Å². The van der Waals surface area contributed by atoms with Gasteiger partial charge in [0, 0.05) is 11.1 Å². The molecule has 0 amide bonds. The highest BCUT2D eigenvalue weighted by Gasteiger charge is 2.31. The highest BCUT2D eigenvalue weighted by atomic mass is 19.1. The predicted molar refractivity (Wildman–Crippen MR) is 126 cm³/mol. The fraction of sp³-hybridized carbons (Fsp3) is 0.517. The summed E-state index contributed by atoms with van der Waals surface area (Å²) in [5.74, 6) is 1.26. The van der Waals surface area contributed by atoms with Gasteiger partial charge in [-0.1, -0.05) is 31.1 Å². The summed E-state index contributed by atoms with van der Waals surface area (Å²) < 4.78 is 42.8. The number of hydrogen-bond acceptors (Lipinski definition) is 0. The quantitative estimate of drug-likeness (QED) is 0.393. The predicted octanol–water partition coefficient (Wildman–Crippen LogP) is 9.13. The van der Waals surface area contributed by atoms with Crippen LogP contribution in [0.2, 0.25) is 0 Å². The van der Waals surface area contributed by atoms with Crippen LogP contribution < -0.4 is 0 Å². The average molecular weight is 441 g/mol. The van der Waals surface area contributed by atoms with Crippen LogP contribution >= 0.6 is 0 Å². The first-order chi connectivity index (χ1) is 15.5. The van der Waals surface area contributed by atoms with Gasteiger partial charge in [0.1, 0.15) is 17.5 Å². The van der Waals surface area contributed by atoms with Crippen molar-refractivity contribution in [2.75, 3.05) is 0 Å². The molecule has 2 fully saturated rings. The minimum atomic E-state index is -0.642. The molecule has 0 aromatic heterocycles. The van der Waals surface area contributed by atoms with E-state index >= 15 is 0 Å². The fourth-order valence-electron chi connectivity index (χ4n) is 6.05. The molecule has 0 bridgehead atoms. The summed E-state index contributed by atoms with van der Waals surface area (Å²) in [4.78, 5) is 0. The van der Waals surface area contributed by atoms with E-state index in [2.05, 4.69) is 6.58 Å². The SMILES string of the molecule is C=CCCC1CCC(C2CCC(c3ccc(-c4cc(F)c(C)c(F)c4)c(F)c3)CC2)CC1. The third kappa shape index (κ3) is 5.13. The minimum absolute atomic E-state index is 0.0345. The number of hydrogen-bond donors (Lipinski definition) is 0. The summed E-state index contributed by atoms with van der Waals surface area (Å²) in [7, 11) is 0. The van der Waals surface area contributed by atoms with E-state index in [-0.39, 0.29) is 16.7 Å². The minimum Gasteiger partial charge on any atom is -0.207 e. The molecule has 3 heteroatoms. The molecule has 0 spiro atoms. The molecular formula is C29H35F3. The number of benzene rings is 2. The van der Waals surface area contributed by atoms with Crippen molar-refractivity contribution >= 4 is 0 Å². The van der Waals surface area contributed by atoms with Crippen LogP contribution in [-0.4, -0.2) is 0 Å². The van der Waals surface area contributed by atoms with Gasteiger partial charge >= 0.3 is 0 Å². The van der Waals surface area contributed by atoms with Gasteiger partial charge < -0.3 is 0 Å². The van der Waals surface area contributed by atoms with Gasteiger partial charge in [-0.25, -0.2) is 13.2 Å². The van der Waals surface area contributed by atoms with Crippen LogP contribution in [0, 0.1) is 42.1 Å². The third-order valence-corrected chi connectivity index (χ3v) is 8.17. The van der Waals surface area contributed by atoms with Crippen LogP contribution in [0.4, 0.5) is 13.2 Å². The molecule has 4 rings (SSSR count). The van der Waals surface area contributed by atoms with Gasteiger partial charge in [0.15, 0.2) is 0 Å². The lowest BCUT2D eigenvalue weighted by Gasteiger charge is -2.38. The van der Waals surface area contributed by atoms with Crippen LogP contribution in [0.1, 0.15) is 81.3 Å². The van der Waals surface area contributed by atoms with E-state index in [1.54, 1.807) is 12.1 Å². The van der Waals surface area contributed by atoms with Crippen molar-refractivity contribution in [1.82, 2.24) is 0 Å². The lowest BCUT2D eigenvalue weighted by atomic mass is 9.68. The van der Waals surface area contributed by atoms with E-state index in [0.29, 0.717) is 5.92 Å². The van der Waals surface area contributed by atoms with Gasteiger partial charge in [-0.15, -0.1) is 6.58 Å². The van der Waals surface area contributed by atoms with Crippen LogP contribution in [0.25, 0.3) is 11.1 Å². The second-order valence-electron chi connectivity index (χ2n) is 10.1. The highest BCUT2D eigenvalue weighted by molar-refractivity contribution is 5.65. The molecule has 2 aliphatic rings. The van der Waals surface area contributed by atoms with Gasteiger partial charge in [0.25, 0.3) is 0 Å². The van der Waals surface area contributed by atoms with E-state index in [4.69, 9.17) is 0 Å².